The van der Waals surface area contributed by atoms with E-state index < -0.39 is 0 Å². The lowest BCUT2D eigenvalue weighted by atomic mass is 10.2. The average Bonchev–Trinajstić information content (AvgIpc) is 2.48. The zero-order valence-electron chi connectivity index (χ0n) is 11.8. The Morgan fingerprint density at radius 2 is 2.05 bits per heavy atom. The van der Waals surface area contributed by atoms with Gasteiger partial charge in [-0.15, -0.1) is 0 Å². The molecule has 0 fully saturated rings. The largest absolute Gasteiger partial charge is 0.379 e. The molecule has 0 saturated heterocycles. The van der Waals surface area contributed by atoms with Crippen molar-refractivity contribution in [2.45, 2.75) is 26.4 Å². The Hall–Kier alpha value is -1.73. The molecule has 7 nitrogen and oxygen atoms in total. The number of hydrogen-bond donors (Lipinski definition) is 1. The van der Waals surface area contributed by atoms with Crippen LogP contribution in [0.1, 0.15) is 19.4 Å². The maximum absolute atomic E-state index is 12.2. The molecule has 2 rings (SSSR count). The fourth-order valence-electron chi connectivity index (χ4n) is 2.09. The molecule has 1 aromatic rings. The van der Waals surface area contributed by atoms with Crippen LogP contribution >= 0.6 is 0 Å². The number of anilines is 1. The number of rotatable bonds is 7. The number of nitrogens with zero attached hydrogens (tertiary/aromatic N) is 3. The topological polar surface area (TPSA) is 76.6 Å². The lowest BCUT2D eigenvalue weighted by Gasteiger charge is -2.34. The standard InChI is InChI=1S/C13H20N4O3/c1-3-19-7-11(8-20-4-2)17-12-10(5-14-9-16-12)6-15-13(17)18/h5,9,11H,3-4,6-8H2,1-2H3,(H,15,18). The van der Waals surface area contributed by atoms with Gasteiger partial charge in [0.15, 0.2) is 0 Å². The van der Waals surface area contributed by atoms with E-state index >= 15 is 0 Å². The van der Waals surface area contributed by atoms with E-state index in [-0.39, 0.29) is 12.1 Å². The van der Waals surface area contributed by atoms with E-state index in [2.05, 4.69) is 15.3 Å². The highest BCUT2D eigenvalue weighted by Crippen LogP contribution is 2.23. The Morgan fingerprint density at radius 3 is 2.70 bits per heavy atom. The summed E-state index contributed by atoms with van der Waals surface area (Å²) in [5.74, 6) is 0.633. The molecular weight excluding hydrogens is 260 g/mol. The van der Waals surface area contributed by atoms with Crippen LogP contribution in [0.3, 0.4) is 0 Å². The first kappa shape index (κ1) is 14.7. The van der Waals surface area contributed by atoms with Crippen molar-refractivity contribution in [1.82, 2.24) is 15.3 Å². The number of urea groups is 1. The van der Waals surface area contributed by atoms with Gasteiger partial charge in [0.1, 0.15) is 12.1 Å². The molecule has 0 bridgehead atoms. The van der Waals surface area contributed by atoms with Gasteiger partial charge >= 0.3 is 6.03 Å². The van der Waals surface area contributed by atoms with Crippen LogP contribution in [0, 0.1) is 0 Å². The number of nitrogens with one attached hydrogen (secondary N) is 1. The van der Waals surface area contributed by atoms with Gasteiger partial charge in [0.25, 0.3) is 0 Å². The number of ether oxygens (including phenoxy) is 2. The highest BCUT2D eigenvalue weighted by atomic mass is 16.5. The van der Waals surface area contributed by atoms with Crippen LogP contribution in [-0.2, 0) is 16.0 Å². The molecule has 1 aliphatic rings. The van der Waals surface area contributed by atoms with Crippen molar-refractivity contribution in [3.63, 3.8) is 0 Å². The quantitative estimate of drug-likeness (QED) is 0.804. The number of carbonyl (C=O) groups is 1. The molecule has 20 heavy (non-hydrogen) atoms. The molecule has 0 spiro atoms. The Morgan fingerprint density at radius 1 is 1.35 bits per heavy atom. The molecule has 110 valence electrons. The summed E-state index contributed by atoms with van der Waals surface area (Å²) < 4.78 is 10.9. The molecule has 0 aliphatic carbocycles. The van der Waals surface area contributed by atoms with E-state index in [1.165, 1.54) is 6.33 Å². The van der Waals surface area contributed by atoms with Crippen molar-refractivity contribution in [3.05, 3.63) is 18.1 Å². The number of carbonyl (C=O) groups excluding carboxylic acids is 1. The third-order valence-electron chi connectivity index (χ3n) is 3.04. The highest BCUT2D eigenvalue weighted by molar-refractivity contribution is 5.94. The van der Waals surface area contributed by atoms with Crippen LogP contribution < -0.4 is 10.2 Å². The summed E-state index contributed by atoms with van der Waals surface area (Å²) in [5, 5.41) is 2.82. The van der Waals surface area contributed by atoms with E-state index in [9.17, 15) is 4.79 Å². The maximum atomic E-state index is 12.2. The lowest BCUT2D eigenvalue weighted by molar-refractivity contribution is 0.0755. The van der Waals surface area contributed by atoms with E-state index in [1.54, 1.807) is 11.1 Å². The molecule has 0 aromatic carbocycles. The summed E-state index contributed by atoms with van der Waals surface area (Å²) in [6.07, 6.45) is 3.16. The zero-order valence-corrected chi connectivity index (χ0v) is 11.8. The number of aromatic nitrogens is 2. The molecule has 2 amide bonds. The summed E-state index contributed by atoms with van der Waals surface area (Å²) in [7, 11) is 0. The molecule has 7 heteroatoms. The third-order valence-corrected chi connectivity index (χ3v) is 3.04. The SMILES string of the molecule is CCOCC(COCC)N1C(=O)NCc2cncnc21. The minimum Gasteiger partial charge on any atom is -0.379 e. The van der Waals surface area contributed by atoms with Gasteiger partial charge < -0.3 is 14.8 Å². The van der Waals surface area contributed by atoms with Gasteiger partial charge in [-0.1, -0.05) is 0 Å². The number of hydrogen-bond acceptors (Lipinski definition) is 5. The Bertz CT molecular complexity index is 447. The first-order valence-corrected chi connectivity index (χ1v) is 6.79. The molecule has 0 atom stereocenters. The molecule has 0 radical (unpaired) electrons. The van der Waals surface area contributed by atoms with Crippen molar-refractivity contribution in [2.75, 3.05) is 31.3 Å². The second kappa shape index (κ2) is 7.16. The van der Waals surface area contributed by atoms with E-state index in [0.717, 1.165) is 5.56 Å². The van der Waals surface area contributed by atoms with Gasteiger partial charge in [-0.25, -0.2) is 14.8 Å². The average molecular weight is 280 g/mol. The van der Waals surface area contributed by atoms with E-state index in [1.807, 2.05) is 13.8 Å². The molecule has 0 saturated carbocycles. The smallest absolute Gasteiger partial charge is 0.323 e. The van der Waals surface area contributed by atoms with Gasteiger partial charge in [0, 0.05) is 31.5 Å². The Balaban J connectivity index is 2.23. The highest BCUT2D eigenvalue weighted by Gasteiger charge is 2.32. The molecule has 0 unspecified atom stereocenters. The van der Waals surface area contributed by atoms with Gasteiger partial charge in [-0.2, -0.15) is 0 Å². The van der Waals surface area contributed by atoms with E-state index in [4.69, 9.17) is 9.47 Å². The summed E-state index contributed by atoms with van der Waals surface area (Å²) in [4.78, 5) is 22.0. The lowest BCUT2D eigenvalue weighted by Crippen LogP contribution is -2.53. The molecular formula is C13H20N4O3. The molecule has 1 N–H and O–H groups in total. The first-order valence-electron chi connectivity index (χ1n) is 6.79. The molecule has 2 heterocycles. The Labute approximate surface area is 118 Å². The molecule has 1 aromatic heterocycles. The van der Waals surface area contributed by atoms with Crippen molar-refractivity contribution in [1.29, 1.82) is 0 Å². The fraction of sp³-hybridized carbons (Fsp3) is 0.615. The summed E-state index contributed by atoms with van der Waals surface area (Å²) in [6, 6.07) is -0.385. The summed E-state index contributed by atoms with van der Waals surface area (Å²) >= 11 is 0. The van der Waals surface area contributed by atoms with Crippen molar-refractivity contribution in [2.24, 2.45) is 0 Å². The van der Waals surface area contributed by atoms with Crippen LogP contribution in [0.25, 0.3) is 0 Å². The van der Waals surface area contributed by atoms with Gasteiger partial charge in [0.05, 0.1) is 19.3 Å². The summed E-state index contributed by atoms with van der Waals surface area (Å²) in [6.45, 7) is 6.29. The van der Waals surface area contributed by atoms with Crippen molar-refractivity contribution in [3.8, 4) is 0 Å². The second-order valence-corrected chi connectivity index (χ2v) is 4.37. The summed E-state index contributed by atoms with van der Waals surface area (Å²) in [5.41, 5.74) is 0.894. The normalized spacial score (nSPS) is 14.3. The predicted octanol–water partition coefficient (Wildman–Crippen LogP) is 0.948. The fourth-order valence-corrected chi connectivity index (χ4v) is 2.09. The van der Waals surface area contributed by atoms with Crippen LogP contribution in [0.15, 0.2) is 12.5 Å². The monoisotopic (exact) mass is 280 g/mol. The third kappa shape index (κ3) is 3.23. The van der Waals surface area contributed by atoms with Gasteiger partial charge in [0.2, 0.25) is 0 Å². The number of fused-ring (bicyclic) bond motifs is 1. The maximum Gasteiger partial charge on any atom is 0.323 e. The van der Waals surface area contributed by atoms with Gasteiger partial charge in [-0.05, 0) is 13.8 Å². The first-order chi connectivity index (χ1) is 9.77. The second-order valence-electron chi connectivity index (χ2n) is 4.37. The van der Waals surface area contributed by atoms with Crippen LogP contribution in [0.5, 0.6) is 0 Å². The van der Waals surface area contributed by atoms with Crippen molar-refractivity contribution >= 4 is 11.8 Å². The van der Waals surface area contributed by atoms with Crippen LogP contribution in [0.4, 0.5) is 10.6 Å². The number of amides is 2. The minimum atomic E-state index is -0.205. The van der Waals surface area contributed by atoms with Crippen molar-refractivity contribution < 1.29 is 14.3 Å². The van der Waals surface area contributed by atoms with E-state index in [0.29, 0.717) is 38.8 Å². The zero-order chi connectivity index (χ0) is 14.4. The van der Waals surface area contributed by atoms with Crippen LogP contribution in [-0.4, -0.2) is 48.5 Å². The Kier molecular flexibility index (Phi) is 5.25. The van der Waals surface area contributed by atoms with Crippen LogP contribution in [0.2, 0.25) is 0 Å². The predicted molar refractivity (Wildman–Crippen MR) is 73.5 cm³/mol. The minimum absolute atomic E-state index is 0.180. The molecule has 1 aliphatic heterocycles. The van der Waals surface area contributed by atoms with Gasteiger partial charge in [-0.3, -0.25) is 4.90 Å².